The Bertz CT molecular complexity index is 663. The molecular formula is C15H19N3O3. The number of hydrogen-bond acceptors (Lipinski definition) is 3. The maximum atomic E-state index is 11.8. The number of hydrogen-bond donors (Lipinski definition) is 2. The van der Waals surface area contributed by atoms with E-state index in [0.717, 1.165) is 11.9 Å². The number of aromatic nitrogens is 2. The fourth-order valence-corrected chi connectivity index (χ4v) is 2.11. The lowest BCUT2D eigenvalue weighted by Gasteiger charge is -2.11. The summed E-state index contributed by atoms with van der Waals surface area (Å²) in [5.41, 5.74) is 1.36. The van der Waals surface area contributed by atoms with Crippen LogP contribution in [0.3, 0.4) is 0 Å². The summed E-state index contributed by atoms with van der Waals surface area (Å²) in [7, 11) is 0. The van der Waals surface area contributed by atoms with Gasteiger partial charge in [0.2, 0.25) is 5.91 Å². The Balaban J connectivity index is 2.12. The number of amides is 1. The molecule has 1 aromatic carbocycles. The molecular weight excluding hydrogens is 270 g/mol. The van der Waals surface area contributed by atoms with E-state index in [0.29, 0.717) is 18.5 Å². The number of para-hydroxylation sites is 1. The molecule has 0 fully saturated rings. The molecule has 6 nitrogen and oxygen atoms in total. The topological polar surface area (TPSA) is 84.2 Å². The highest BCUT2D eigenvalue weighted by Crippen LogP contribution is 2.17. The van der Waals surface area contributed by atoms with E-state index in [-0.39, 0.29) is 17.5 Å². The zero-order chi connectivity index (χ0) is 15.4. The molecule has 0 saturated carbocycles. The highest BCUT2D eigenvalue weighted by atomic mass is 16.4. The first kappa shape index (κ1) is 15.0. The lowest BCUT2D eigenvalue weighted by molar-refractivity contribution is -0.121. The summed E-state index contributed by atoms with van der Waals surface area (Å²) >= 11 is 0. The quantitative estimate of drug-likeness (QED) is 0.852. The number of aromatic carboxylic acids is 1. The van der Waals surface area contributed by atoms with E-state index in [2.05, 4.69) is 10.3 Å². The van der Waals surface area contributed by atoms with Crippen LogP contribution in [0.1, 0.15) is 37.0 Å². The first-order chi connectivity index (χ1) is 10.0. The SMILES string of the molecule is CCC(C)NC(=O)CCn1cnc2c(C(=O)O)cccc21. The number of carbonyl (C=O) groups is 2. The highest BCUT2D eigenvalue weighted by molar-refractivity contribution is 6.00. The molecule has 1 amide bonds. The van der Waals surface area contributed by atoms with Gasteiger partial charge in [0.15, 0.2) is 0 Å². The van der Waals surface area contributed by atoms with Crippen molar-refractivity contribution < 1.29 is 14.7 Å². The Hall–Kier alpha value is -2.37. The van der Waals surface area contributed by atoms with E-state index in [1.807, 2.05) is 13.8 Å². The van der Waals surface area contributed by atoms with Crippen molar-refractivity contribution in [2.24, 2.45) is 0 Å². The molecule has 0 aliphatic carbocycles. The third-order valence-electron chi connectivity index (χ3n) is 3.48. The number of carboxylic acid groups (broad SMARTS) is 1. The van der Waals surface area contributed by atoms with Crippen LogP contribution < -0.4 is 5.32 Å². The van der Waals surface area contributed by atoms with Crippen molar-refractivity contribution in [3.05, 3.63) is 30.1 Å². The van der Waals surface area contributed by atoms with Gasteiger partial charge in [-0.05, 0) is 25.5 Å². The second kappa shape index (κ2) is 6.39. The van der Waals surface area contributed by atoms with Crippen molar-refractivity contribution >= 4 is 22.9 Å². The van der Waals surface area contributed by atoms with Crippen molar-refractivity contribution in [1.82, 2.24) is 14.9 Å². The number of rotatable bonds is 6. The van der Waals surface area contributed by atoms with E-state index >= 15 is 0 Å². The van der Waals surface area contributed by atoms with Crippen LogP contribution in [0, 0.1) is 0 Å². The Labute approximate surface area is 122 Å². The highest BCUT2D eigenvalue weighted by Gasteiger charge is 2.13. The average molecular weight is 289 g/mol. The van der Waals surface area contributed by atoms with E-state index in [9.17, 15) is 9.59 Å². The van der Waals surface area contributed by atoms with Crippen LogP contribution in [-0.2, 0) is 11.3 Å². The molecule has 0 bridgehead atoms. The Morgan fingerprint density at radius 2 is 2.19 bits per heavy atom. The molecule has 6 heteroatoms. The lowest BCUT2D eigenvalue weighted by atomic mass is 10.2. The Morgan fingerprint density at radius 1 is 1.43 bits per heavy atom. The summed E-state index contributed by atoms with van der Waals surface area (Å²) in [6.07, 6.45) is 2.81. The third kappa shape index (κ3) is 3.39. The third-order valence-corrected chi connectivity index (χ3v) is 3.48. The van der Waals surface area contributed by atoms with Gasteiger partial charge in [-0.25, -0.2) is 9.78 Å². The normalized spacial score (nSPS) is 12.3. The summed E-state index contributed by atoms with van der Waals surface area (Å²) in [6, 6.07) is 5.18. The molecule has 2 rings (SSSR count). The first-order valence-electron chi connectivity index (χ1n) is 6.99. The molecule has 0 aliphatic rings. The van der Waals surface area contributed by atoms with Crippen molar-refractivity contribution in [2.45, 2.75) is 39.3 Å². The molecule has 0 saturated heterocycles. The van der Waals surface area contributed by atoms with Crippen molar-refractivity contribution in [3.8, 4) is 0 Å². The van der Waals surface area contributed by atoms with Gasteiger partial charge < -0.3 is 15.0 Å². The molecule has 1 unspecified atom stereocenters. The Morgan fingerprint density at radius 3 is 2.86 bits per heavy atom. The van der Waals surface area contributed by atoms with Gasteiger partial charge in [0.25, 0.3) is 0 Å². The molecule has 1 atom stereocenters. The maximum Gasteiger partial charge on any atom is 0.337 e. The summed E-state index contributed by atoms with van der Waals surface area (Å²) < 4.78 is 1.80. The number of carbonyl (C=O) groups excluding carboxylic acids is 1. The molecule has 112 valence electrons. The number of benzene rings is 1. The second-order valence-electron chi connectivity index (χ2n) is 5.04. The summed E-state index contributed by atoms with van der Waals surface area (Å²) in [5.74, 6) is -1.01. The Kier molecular flexibility index (Phi) is 4.57. The molecule has 0 radical (unpaired) electrons. The number of aryl methyl sites for hydroxylation is 1. The van der Waals surface area contributed by atoms with Gasteiger partial charge >= 0.3 is 5.97 Å². The van der Waals surface area contributed by atoms with Gasteiger partial charge in [-0.3, -0.25) is 4.79 Å². The van der Waals surface area contributed by atoms with Gasteiger partial charge in [0.05, 0.1) is 17.4 Å². The van der Waals surface area contributed by atoms with E-state index in [1.54, 1.807) is 23.0 Å². The van der Waals surface area contributed by atoms with Crippen LogP contribution in [-0.4, -0.2) is 32.6 Å². The molecule has 1 heterocycles. The number of imidazole rings is 1. The predicted molar refractivity (Wildman–Crippen MR) is 79.2 cm³/mol. The maximum absolute atomic E-state index is 11.8. The number of carboxylic acids is 1. The van der Waals surface area contributed by atoms with Crippen molar-refractivity contribution in [1.29, 1.82) is 0 Å². The van der Waals surface area contributed by atoms with Crippen molar-refractivity contribution in [3.63, 3.8) is 0 Å². The predicted octanol–water partition coefficient (Wildman–Crippen LogP) is 2.04. The van der Waals surface area contributed by atoms with Crippen LogP contribution in [0.5, 0.6) is 0 Å². The average Bonchev–Trinajstić information content (AvgIpc) is 2.87. The van der Waals surface area contributed by atoms with Crippen LogP contribution in [0.4, 0.5) is 0 Å². The fraction of sp³-hybridized carbons (Fsp3) is 0.400. The van der Waals surface area contributed by atoms with Gasteiger partial charge in [-0.15, -0.1) is 0 Å². The smallest absolute Gasteiger partial charge is 0.337 e. The monoisotopic (exact) mass is 289 g/mol. The molecule has 0 spiro atoms. The fourth-order valence-electron chi connectivity index (χ4n) is 2.11. The van der Waals surface area contributed by atoms with Crippen LogP contribution >= 0.6 is 0 Å². The van der Waals surface area contributed by atoms with Gasteiger partial charge in [0, 0.05) is 19.0 Å². The molecule has 1 aromatic heterocycles. The van der Waals surface area contributed by atoms with Crippen LogP contribution in [0.2, 0.25) is 0 Å². The van der Waals surface area contributed by atoms with E-state index in [4.69, 9.17) is 5.11 Å². The van der Waals surface area contributed by atoms with Crippen LogP contribution in [0.25, 0.3) is 11.0 Å². The molecule has 0 aliphatic heterocycles. The summed E-state index contributed by atoms with van der Waals surface area (Å²) in [5, 5.41) is 12.0. The van der Waals surface area contributed by atoms with E-state index < -0.39 is 5.97 Å². The number of fused-ring (bicyclic) bond motifs is 1. The summed E-state index contributed by atoms with van der Waals surface area (Å²) in [4.78, 5) is 27.1. The van der Waals surface area contributed by atoms with Crippen molar-refractivity contribution in [2.75, 3.05) is 0 Å². The second-order valence-corrected chi connectivity index (χ2v) is 5.04. The number of nitrogens with one attached hydrogen (secondary N) is 1. The van der Waals surface area contributed by atoms with Gasteiger partial charge in [-0.1, -0.05) is 13.0 Å². The number of nitrogens with zero attached hydrogens (tertiary/aromatic N) is 2. The minimum atomic E-state index is -1.000. The molecule has 2 N–H and O–H groups in total. The molecule has 21 heavy (non-hydrogen) atoms. The zero-order valence-corrected chi connectivity index (χ0v) is 12.2. The lowest BCUT2D eigenvalue weighted by Crippen LogP contribution is -2.32. The minimum absolute atomic E-state index is 0.0133. The van der Waals surface area contributed by atoms with E-state index in [1.165, 1.54) is 6.07 Å². The summed E-state index contributed by atoms with van der Waals surface area (Å²) in [6.45, 7) is 4.45. The first-order valence-corrected chi connectivity index (χ1v) is 6.99. The zero-order valence-electron chi connectivity index (χ0n) is 12.2. The van der Waals surface area contributed by atoms with Crippen LogP contribution in [0.15, 0.2) is 24.5 Å². The minimum Gasteiger partial charge on any atom is -0.478 e. The van der Waals surface area contributed by atoms with Gasteiger partial charge in [-0.2, -0.15) is 0 Å². The van der Waals surface area contributed by atoms with Gasteiger partial charge in [0.1, 0.15) is 5.52 Å². The standard InChI is InChI=1S/C15H19N3O3/c1-3-10(2)17-13(19)7-8-18-9-16-14-11(15(20)21)5-4-6-12(14)18/h4-6,9-10H,3,7-8H2,1-2H3,(H,17,19)(H,20,21). The molecule has 2 aromatic rings. The largest absolute Gasteiger partial charge is 0.478 e.